The minimum atomic E-state index is -0.732. The van der Waals surface area contributed by atoms with Gasteiger partial charge in [0, 0.05) is 11.8 Å². The predicted molar refractivity (Wildman–Crippen MR) is 106 cm³/mol. The van der Waals surface area contributed by atoms with Crippen LogP contribution in [0.4, 0.5) is 5.69 Å². The summed E-state index contributed by atoms with van der Waals surface area (Å²) in [7, 11) is 0. The van der Waals surface area contributed by atoms with Crippen LogP contribution in [0.3, 0.4) is 0 Å². The molecule has 29 heavy (non-hydrogen) atoms. The fourth-order valence-corrected chi connectivity index (χ4v) is 2.80. The molecule has 0 radical (unpaired) electrons. The van der Waals surface area contributed by atoms with E-state index in [1.807, 2.05) is 0 Å². The maximum atomic E-state index is 11.7. The Balaban J connectivity index is 1.83. The van der Waals surface area contributed by atoms with E-state index >= 15 is 0 Å². The topological polar surface area (TPSA) is 101 Å². The van der Waals surface area contributed by atoms with E-state index in [0.29, 0.717) is 28.0 Å². The highest BCUT2D eigenvalue weighted by molar-refractivity contribution is 5.94. The standard InChI is InChI=1S/C21H20N2O6/c1-4-27-21(24)14(3)28-15-8-10-16(11-9-15)29-20-17-6-5-7-19(23(25)26)18(17)12-13(2)22-20/h5-12,14H,4H2,1-3H3. The Kier molecular flexibility index (Phi) is 5.92. The molecular weight excluding hydrogens is 376 g/mol. The van der Waals surface area contributed by atoms with Crippen molar-refractivity contribution in [1.82, 2.24) is 4.98 Å². The number of carbonyl (C=O) groups excluding carboxylic acids is 1. The largest absolute Gasteiger partial charge is 0.479 e. The maximum Gasteiger partial charge on any atom is 0.347 e. The van der Waals surface area contributed by atoms with Gasteiger partial charge in [-0.25, -0.2) is 9.78 Å². The summed E-state index contributed by atoms with van der Waals surface area (Å²) in [5, 5.41) is 12.3. The molecule has 150 valence electrons. The van der Waals surface area contributed by atoms with Gasteiger partial charge in [-0.3, -0.25) is 10.1 Å². The number of rotatable bonds is 7. The number of ether oxygens (including phenoxy) is 3. The van der Waals surface area contributed by atoms with Gasteiger partial charge in [-0.2, -0.15) is 0 Å². The molecule has 8 heteroatoms. The number of benzene rings is 2. The third-order valence-electron chi connectivity index (χ3n) is 4.11. The highest BCUT2D eigenvalue weighted by atomic mass is 16.6. The molecule has 0 amide bonds. The quantitative estimate of drug-likeness (QED) is 0.327. The van der Waals surface area contributed by atoms with E-state index < -0.39 is 17.0 Å². The van der Waals surface area contributed by atoms with Crippen molar-refractivity contribution in [1.29, 1.82) is 0 Å². The average Bonchev–Trinajstić information content (AvgIpc) is 2.69. The Bertz CT molecular complexity index is 1050. The zero-order valence-corrected chi connectivity index (χ0v) is 16.2. The summed E-state index contributed by atoms with van der Waals surface area (Å²) in [4.78, 5) is 26.9. The van der Waals surface area contributed by atoms with Crippen LogP contribution in [0, 0.1) is 17.0 Å². The summed E-state index contributed by atoms with van der Waals surface area (Å²) < 4.78 is 16.3. The molecule has 0 spiro atoms. The number of pyridine rings is 1. The minimum Gasteiger partial charge on any atom is -0.479 e. The van der Waals surface area contributed by atoms with Crippen molar-refractivity contribution >= 4 is 22.4 Å². The van der Waals surface area contributed by atoms with Crippen molar-refractivity contribution in [2.75, 3.05) is 6.61 Å². The molecular formula is C21H20N2O6. The fourth-order valence-electron chi connectivity index (χ4n) is 2.80. The number of hydrogen-bond acceptors (Lipinski definition) is 7. The fraction of sp³-hybridized carbons (Fsp3) is 0.238. The molecule has 0 fully saturated rings. The molecule has 1 aromatic heterocycles. The number of esters is 1. The first kappa shape index (κ1) is 20.1. The minimum absolute atomic E-state index is 0.00505. The van der Waals surface area contributed by atoms with Gasteiger partial charge in [0.05, 0.1) is 22.3 Å². The van der Waals surface area contributed by atoms with Crippen LogP contribution in [0.5, 0.6) is 17.4 Å². The molecule has 1 heterocycles. The number of non-ortho nitro benzene ring substituents is 1. The Morgan fingerprint density at radius 1 is 1.14 bits per heavy atom. The smallest absolute Gasteiger partial charge is 0.347 e. The van der Waals surface area contributed by atoms with Crippen LogP contribution < -0.4 is 9.47 Å². The predicted octanol–water partition coefficient (Wildman–Crippen LogP) is 4.57. The molecule has 3 rings (SSSR count). The molecule has 0 aliphatic carbocycles. The molecule has 0 aliphatic heterocycles. The summed E-state index contributed by atoms with van der Waals surface area (Å²) in [6.07, 6.45) is -0.732. The van der Waals surface area contributed by atoms with E-state index in [1.54, 1.807) is 63.2 Å². The van der Waals surface area contributed by atoms with Gasteiger partial charge in [-0.05, 0) is 57.2 Å². The summed E-state index contributed by atoms with van der Waals surface area (Å²) in [6.45, 7) is 5.37. The number of fused-ring (bicyclic) bond motifs is 1. The number of hydrogen-bond donors (Lipinski definition) is 0. The van der Waals surface area contributed by atoms with E-state index in [0.717, 1.165) is 0 Å². The molecule has 3 aromatic rings. The second kappa shape index (κ2) is 8.55. The molecule has 0 saturated heterocycles. The summed E-state index contributed by atoms with van der Waals surface area (Å²) in [5.74, 6) is 0.796. The first-order valence-corrected chi connectivity index (χ1v) is 9.05. The molecule has 8 nitrogen and oxygen atoms in total. The number of carbonyl (C=O) groups is 1. The Labute approximate surface area is 167 Å². The van der Waals surface area contributed by atoms with E-state index in [2.05, 4.69) is 4.98 Å². The van der Waals surface area contributed by atoms with E-state index in [9.17, 15) is 14.9 Å². The number of aromatic nitrogens is 1. The Morgan fingerprint density at radius 3 is 2.48 bits per heavy atom. The van der Waals surface area contributed by atoms with Crippen LogP contribution in [0.1, 0.15) is 19.5 Å². The number of aryl methyl sites for hydroxylation is 1. The van der Waals surface area contributed by atoms with Crippen molar-refractivity contribution in [2.24, 2.45) is 0 Å². The first-order valence-electron chi connectivity index (χ1n) is 9.05. The highest BCUT2D eigenvalue weighted by Gasteiger charge is 2.17. The van der Waals surface area contributed by atoms with Crippen LogP contribution in [0.15, 0.2) is 48.5 Å². The lowest BCUT2D eigenvalue weighted by molar-refractivity contribution is -0.383. The Hall–Kier alpha value is -3.68. The van der Waals surface area contributed by atoms with E-state index in [4.69, 9.17) is 14.2 Å². The summed E-state index contributed by atoms with van der Waals surface area (Å²) >= 11 is 0. The number of nitro benzene ring substituents is 1. The van der Waals surface area contributed by atoms with Gasteiger partial charge in [0.25, 0.3) is 5.69 Å². The number of nitrogens with zero attached hydrogens (tertiary/aromatic N) is 2. The molecule has 0 N–H and O–H groups in total. The first-order chi connectivity index (χ1) is 13.9. The molecule has 1 unspecified atom stereocenters. The lowest BCUT2D eigenvalue weighted by Crippen LogP contribution is -2.25. The maximum absolute atomic E-state index is 11.7. The van der Waals surface area contributed by atoms with Crippen LogP contribution in [0.25, 0.3) is 10.8 Å². The van der Waals surface area contributed by atoms with Crippen molar-refractivity contribution < 1.29 is 23.9 Å². The molecule has 1 atom stereocenters. The second-order valence-corrected chi connectivity index (χ2v) is 6.28. The lowest BCUT2D eigenvalue weighted by atomic mass is 10.1. The van der Waals surface area contributed by atoms with Gasteiger partial charge in [0.15, 0.2) is 6.10 Å². The molecule has 0 aliphatic rings. The van der Waals surface area contributed by atoms with Gasteiger partial charge in [-0.15, -0.1) is 0 Å². The molecule has 0 saturated carbocycles. The zero-order valence-electron chi connectivity index (χ0n) is 16.2. The normalized spacial score (nSPS) is 11.7. The van der Waals surface area contributed by atoms with Gasteiger partial charge in [0.2, 0.25) is 5.88 Å². The summed E-state index contributed by atoms with van der Waals surface area (Å²) in [6, 6.07) is 13.1. The van der Waals surface area contributed by atoms with Crippen molar-refractivity contribution in [2.45, 2.75) is 26.9 Å². The zero-order chi connectivity index (χ0) is 21.0. The van der Waals surface area contributed by atoms with Crippen LogP contribution >= 0.6 is 0 Å². The lowest BCUT2D eigenvalue weighted by Gasteiger charge is -2.14. The molecule has 2 aromatic carbocycles. The van der Waals surface area contributed by atoms with E-state index in [1.165, 1.54) is 6.07 Å². The van der Waals surface area contributed by atoms with Crippen LogP contribution in [0.2, 0.25) is 0 Å². The monoisotopic (exact) mass is 396 g/mol. The third-order valence-corrected chi connectivity index (χ3v) is 4.11. The molecule has 0 bridgehead atoms. The van der Waals surface area contributed by atoms with Crippen LogP contribution in [-0.2, 0) is 9.53 Å². The SMILES string of the molecule is CCOC(=O)C(C)Oc1ccc(Oc2nc(C)cc3c([N+](=O)[O-])cccc23)cc1. The average molecular weight is 396 g/mol. The van der Waals surface area contributed by atoms with Gasteiger partial charge >= 0.3 is 5.97 Å². The van der Waals surface area contributed by atoms with Crippen molar-refractivity contribution in [3.05, 3.63) is 64.3 Å². The van der Waals surface area contributed by atoms with Crippen LogP contribution in [-0.4, -0.2) is 28.6 Å². The third kappa shape index (κ3) is 4.60. The number of nitro groups is 1. The second-order valence-electron chi connectivity index (χ2n) is 6.28. The van der Waals surface area contributed by atoms with Crippen molar-refractivity contribution in [3.63, 3.8) is 0 Å². The summed E-state index contributed by atoms with van der Waals surface area (Å²) in [5.41, 5.74) is 0.597. The highest BCUT2D eigenvalue weighted by Crippen LogP contribution is 2.34. The van der Waals surface area contributed by atoms with Gasteiger partial charge < -0.3 is 14.2 Å². The Morgan fingerprint density at radius 2 is 1.83 bits per heavy atom. The van der Waals surface area contributed by atoms with E-state index in [-0.39, 0.29) is 18.2 Å². The van der Waals surface area contributed by atoms with Gasteiger partial charge in [0.1, 0.15) is 11.5 Å². The van der Waals surface area contributed by atoms with Crippen molar-refractivity contribution in [3.8, 4) is 17.4 Å². The van der Waals surface area contributed by atoms with Gasteiger partial charge in [-0.1, -0.05) is 6.07 Å².